The summed E-state index contributed by atoms with van der Waals surface area (Å²) in [5.41, 5.74) is 3.02. The highest BCUT2D eigenvalue weighted by Crippen LogP contribution is 2.29. The molecule has 2 atom stereocenters. The number of piperazine rings is 1. The van der Waals surface area contributed by atoms with Crippen molar-refractivity contribution >= 4 is 5.69 Å². The van der Waals surface area contributed by atoms with Gasteiger partial charge in [0.15, 0.2) is 0 Å². The monoisotopic (exact) mass is 284 g/mol. The zero-order valence-corrected chi connectivity index (χ0v) is 12.5. The second-order valence-corrected chi connectivity index (χ2v) is 5.76. The first-order valence-electron chi connectivity index (χ1n) is 7.47. The van der Waals surface area contributed by atoms with E-state index in [9.17, 15) is 4.39 Å². The van der Waals surface area contributed by atoms with Gasteiger partial charge in [-0.2, -0.15) is 0 Å². The van der Waals surface area contributed by atoms with Crippen LogP contribution in [0.25, 0.3) is 0 Å². The van der Waals surface area contributed by atoms with Gasteiger partial charge in [0.05, 0.1) is 0 Å². The SMILES string of the molecule is Cc1c(F)cccc1N1CC(c2ccccc2)NCC1C. The molecular weight excluding hydrogens is 263 g/mol. The molecule has 1 N–H and O–H groups in total. The number of rotatable bonds is 2. The first-order valence-corrected chi connectivity index (χ1v) is 7.47. The Morgan fingerprint density at radius 3 is 2.62 bits per heavy atom. The summed E-state index contributed by atoms with van der Waals surface area (Å²) in [5, 5.41) is 3.58. The Bertz CT molecular complexity index is 612. The molecule has 2 aromatic carbocycles. The van der Waals surface area contributed by atoms with Gasteiger partial charge >= 0.3 is 0 Å². The summed E-state index contributed by atoms with van der Waals surface area (Å²) in [6.45, 7) is 5.79. The van der Waals surface area contributed by atoms with Crippen molar-refractivity contribution in [2.45, 2.75) is 25.9 Å². The number of nitrogens with one attached hydrogen (secondary N) is 1. The Morgan fingerprint density at radius 1 is 1.10 bits per heavy atom. The summed E-state index contributed by atoms with van der Waals surface area (Å²) < 4.78 is 13.8. The van der Waals surface area contributed by atoms with Gasteiger partial charge in [-0.3, -0.25) is 0 Å². The van der Waals surface area contributed by atoms with Crippen molar-refractivity contribution in [3.63, 3.8) is 0 Å². The Balaban J connectivity index is 1.89. The molecule has 0 saturated carbocycles. The molecule has 0 aromatic heterocycles. The molecule has 2 nitrogen and oxygen atoms in total. The van der Waals surface area contributed by atoms with Crippen LogP contribution in [0.3, 0.4) is 0 Å². The molecule has 1 fully saturated rings. The van der Waals surface area contributed by atoms with Crippen LogP contribution in [0.2, 0.25) is 0 Å². The molecule has 3 heteroatoms. The molecule has 1 aliphatic rings. The molecular formula is C18H21FN2. The molecule has 0 bridgehead atoms. The minimum Gasteiger partial charge on any atom is -0.365 e. The number of halogens is 1. The lowest BCUT2D eigenvalue weighted by atomic mass is 10.0. The number of anilines is 1. The highest BCUT2D eigenvalue weighted by Gasteiger charge is 2.27. The van der Waals surface area contributed by atoms with Gasteiger partial charge in [-0.05, 0) is 31.5 Å². The van der Waals surface area contributed by atoms with Crippen molar-refractivity contribution in [3.05, 3.63) is 65.5 Å². The lowest BCUT2D eigenvalue weighted by Gasteiger charge is -2.41. The van der Waals surface area contributed by atoms with Gasteiger partial charge in [0.25, 0.3) is 0 Å². The lowest BCUT2D eigenvalue weighted by Crippen LogP contribution is -2.51. The van der Waals surface area contributed by atoms with E-state index in [1.807, 2.05) is 19.1 Å². The highest BCUT2D eigenvalue weighted by molar-refractivity contribution is 5.55. The molecule has 1 heterocycles. The fraction of sp³-hybridized carbons (Fsp3) is 0.333. The van der Waals surface area contributed by atoms with E-state index in [2.05, 4.69) is 41.4 Å². The van der Waals surface area contributed by atoms with Crippen LogP contribution in [-0.2, 0) is 0 Å². The van der Waals surface area contributed by atoms with E-state index in [0.29, 0.717) is 6.04 Å². The van der Waals surface area contributed by atoms with E-state index in [1.165, 1.54) is 11.6 Å². The standard InChI is InChI=1S/C18H21FN2/c1-13-11-20-17(15-7-4-3-5-8-15)12-21(13)18-10-6-9-16(19)14(18)2/h3-10,13,17,20H,11-12H2,1-2H3. The van der Waals surface area contributed by atoms with Gasteiger partial charge in [-0.1, -0.05) is 36.4 Å². The molecule has 0 spiro atoms. The Kier molecular flexibility index (Phi) is 3.93. The molecule has 2 unspecified atom stereocenters. The summed E-state index contributed by atoms with van der Waals surface area (Å²) in [5.74, 6) is -0.130. The fourth-order valence-corrected chi connectivity index (χ4v) is 3.02. The van der Waals surface area contributed by atoms with Crippen molar-refractivity contribution in [2.75, 3.05) is 18.0 Å². The van der Waals surface area contributed by atoms with Gasteiger partial charge < -0.3 is 10.2 Å². The molecule has 1 saturated heterocycles. The first kappa shape index (κ1) is 14.1. The molecule has 3 rings (SSSR count). The first-order chi connectivity index (χ1) is 10.2. The van der Waals surface area contributed by atoms with E-state index in [0.717, 1.165) is 24.3 Å². The topological polar surface area (TPSA) is 15.3 Å². The summed E-state index contributed by atoms with van der Waals surface area (Å²) in [6.07, 6.45) is 0. The average molecular weight is 284 g/mol. The third-order valence-corrected chi connectivity index (χ3v) is 4.32. The third-order valence-electron chi connectivity index (χ3n) is 4.32. The Labute approximate surface area is 125 Å². The minimum absolute atomic E-state index is 0.130. The summed E-state index contributed by atoms with van der Waals surface area (Å²) in [6, 6.07) is 16.4. The van der Waals surface area contributed by atoms with Crippen LogP contribution in [0, 0.1) is 12.7 Å². The van der Waals surface area contributed by atoms with Crippen LogP contribution in [0.15, 0.2) is 48.5 Å². The molecule has 0 aliphatic carbocycles. The van der Waals surface area contributed by atoms with Gasteiger partial charge in [-0.15, -0.1) is 0 Å². The van der Waals surface area contributed by atoms with Crippen LogP contribution in [-0.4, -0.2) is 19.1 Å². The van der Waals surface area contributed by atoms with Crippen molar-refractivity contribution in [3.8, 4) is 0 Å². The quantitative estimate of drug-likeness (QED) is 0.905. The summed E-state index contributed by atoms with van der Waals surface area (Å²) in [7, 11) is 0. The normalized spacial score (nSPS) is 22.3. The molecule has 2 aromatic rings. The maximum absolute atomic E-state index is 13.8. The lowest BCUT2D eigenvalue weighted by molar-refractivity contribution is 0.413. The van der Waals surface area contributed by atoms with Gasteiger partial charge in [0, 0.05) is 36.4 Å². The van der Waals surface area contributed by atoms with E-state index in [-0.39, 0.29) is 11.9 Å². The number of hydrogen-bond acceptors (Lipinski definition) is 2. The minimum atomic E-state index is -0.130. The summed E-state index contributed by atoms with van der Waals surface area (Å²) in [4.78, 5) is 2.31. The smallest absolute Gasteiger partial charge is 0.128 e. The van der Waals surface area contributed by atoms with E-state index < -0.39 is 0 Å². The third kappa shape index (κ3) is 2.79. The summed E-state index contributed by atoms with van der Waals surface area (Å²) >= 11 is 0. The maximum Gasteiger partial charge on any atom is 0.128 e. The average Bonchev–Trinajstić information content (AvgIpc) is 2.52. The van der Waals surface area contributed by atoms with Crippen molar-refractivity contribution in [2.24, 2.45) is 0 Å². The zero-order valence-electron chi connectivity index (χ0n) is 12.5. The fourth-order valence-electron chi connectivity index (χ4n) is 3.02. The molecule has 0 amide bonds. The van der Waals surface area contributed by atoms with Gasteiger partial charge in [-0.25, -0.2) is 4.39 Å². The highest BCUT2D eigenvalue weighted by atomic mass is 19.1. The van der Waals surface area contributed by atoms with E-state index >= 15 is 0 Å². The molecule has 0 radical (unpaired) electrons. The molecule has 1 aliphatic heterocycles. The van der Waals surface area contributed by atoms with Crippen molar-refractivity contribution in [1.82, 2.24) is 5.32 Å². The Morgan fingerprint density at radius 2 is 1.86 bits per heavy atom. The van der Waals surface area contributed by atoms with Crippen LogP contribution < -0.4 is 10.2 Å². The van der Waals surface area contributed by atoms with Crippen molar-refractivity contribution in [1.29, 1.82) is 0 Å². The van der Waals surface area contributed by atoms with Crippen LogP contribution in [0.1, 0.15) is 24.1 Å². The second-order valence-electron chi connectivity index (χ2n) is 5.76. The van der Waals surface area contributed by atoms with Crippen LogP contribution >= 0.6 is 0 Å². The predicted molar refractivity (Wildman–Crippen MR) is 85.1 cm³/mol. The van der Waals surface area contributed by atoms with Crippen LogP contribution in [0.5, 0.6) is 0 Å². The van der Waals surface area contributed by atoms with Gasteiger partial charge in [0.1, 0.15) is 5.82 Å². The maximum atomic E-state index is 13.8. The van der Waals surface area contributed by atoms with Crippen molar-refractivity contribution < 1.29 is 4.39 Å². The van der Waals surface area contributed by atoms with E-state index in [1.54, 1.807) is 6.07 Å². The second kappa shape index (κ2) is 5.86. The molecule has 21 heavy (non-hydrogen) atoms. The largest absolute Gasteiger partial charge is 0.365 e. The number of benzene rings is 2. The zero-order chi connectivity index (χ0) is 14.8. The number of hydrogen-bond donors (Lipinski definition) is 1. The molecule has 110 valence electrons. The van der Waals surface area contributed by atoms with Crippen LogP contribution in [0.4, 0.5) is 10.1 Å². The Hall–Kier alpha value is -1.87. The predicted octanol–water partition coefficient (Wildman–Crippen LogP) is 3.67. The van der Waals surface area contributed by atoms with Gasteiger partial charge in [0.2, 0.25) is 0 Å². The van der Waals surface area contributed by atoms with E-state index in [4.69, 9.17) is 0 Å². The number of nitrogens with zero attached hydrogens (tertiary/aromatic N) is 1.